The molecule has 4 heterocycles. The number of nitrogens with zero attached hydrogens (tertiary/aromatic N) is 5. The summed E-state index contributed by atoms with van der Waals surface area (Å²) < 4.78 is 7.44. The Labute approximate surface area is 208 Å². The van der Waals surface area contributed by atoms with Crippen LogP contribution in [0.4, 0.5) is 11.5 Å². The highest BCUT2D eigenvalue weighted by molar-refractivity contribution is 8.01. The monoisotopic (exact) mass is 499 g/mol. The largest absolute Gasteiger partial charge is 0.378 e. The van der Waals surface area contributed by atoms with E-state index in [1.165, 1.54) is 0 Å². The van der Waals surface area contributed by atoms with Crippen molar-refractivity contribution in [2.75, 3.05) is 42.8 Å². The second-order valence-electron chi connectivity index (χ2n) is 7.60. The molecular formula is C24H30ClN7OS. The third-order valence-corrected chi connectivity index (χ3v) is 6.34. The Morgan fingerprint density at radius 2 is 2.09 bits per heavy atom. The van der Waals surface area contributed by atoms with Gasteiger partial charge in [0, 0.05) is 19.2 Å². The van der Waals surface area contributed by atoms with Gasteiger partial charge in [0.2, 0.25) is 0 Å². The van der Waals surface area contributed by atoms with Crippen LogP contribution in [0.1, 0.15) is 32.3 Å². The molecule has 0 spiro atoms. The van der Waals surface area contributed by atoms with Crippen LogP contribution in [-0.2, 0) is 11.3 Å². The molecule has 180 valence electrons. The van der Waals surface area contributed by atoms with Crippen LogP contribution >= 0.6 is 23.4 Å². The summed E-state index contributed by atoms with van der Waals surface area (Å²) in [5.41, 5.74) is 5.47. The maximum Gasteiger partial charge on any atom is 0.177 e. The number of nitrogens with one attached hydrogen (secondary N) is 2. The summed E-state index contributed by atoms with van der Waals surface area (Å²) >= 11 is 7.95. The lowest BCUT2D eigenvalue weighted by Gasteiger charge is -2.28. The number of aromatic amines is 1. The smallest absolute Gasteiger partial charge is 0.177 e. The molecule has 0 atom stereocenters. The normalized spacial score (nSPS) is 14.4. The van der Waals surface area contributed by atoms with Crippen molar-refractivity contribution in [3.05, 3.63) is 52.4 Å². The van der Waals surface area contributed by atoms with Gasteiger partial charge in [-0.25, -0.2) is 14.5 Å². The van der Waals surface area contributed by atoms with Crippen LogP contribution < -0.4 is 10.2 Å². The van der Waals surface area contributed by atoms with Crippen molar-refractivity contribution in [2.24, 2.45) is 0 Å². The zero-order valence-corrected chi connectivity index (χ0v) is 21.5. The maximum atomic E-state index is 6.28. The second kappa shape index (κ2) is 11.1. The zero-order chi connectivity index (χ0) is 24.1. The van der Waals surface area contributed by atoms with Crippen molar-refractivity contribution in [3.63, 3.8) is 0 Å². The van der Waals surface area contributed by atoms with E-state index in [0.29, 0.717) is 24.8 Å². The number of para-hydroxylation sites is 1. The number of ether oxygens (including phenoxy) is 1. The van der Waals surface area contributed by atoms with Crippen molar-refractivity contribution in [3.8, 4) is 0 Å². The minimum Gasteiger partial charge on any atom is -0.378 e. The molecule has 1 aliphatic heterocycles. The number of morpholine rings is 1. The van der Waals surface area contributed by atoms with Crippen molar-refractivity contribution < 1.29 is 4.74 Å². The van der Waals surface area contributed by atoms with E-state index in [1.54, 1.807) is 11.8 Å². The molecule has 1 aliphatic rings. The number of halogens is 1. The Morgan fingerprint density at radius 1 is 1.29 bits per heavy atom. The molecule has 10 heteroatoms. The SMILES string of the molecule is CC.CS/C=C(\C)c1cnc2c(NCc3nc4c(Cl)cccc4[nH]3)cc(N3CCOCC3)nn12. The van der Waals surface area contributed by atoms with Crippen LogP contribution in [0.15, 0.2) is 35.9 Å². The van der Waals surface area contributed by atoms with Gasteiger partial charge in [-0.2, -0.15) is 0 Å². The van der Waals surface area contributed by atoms with E-state index in [1.807, 2.05) is 49.0 Å². The maximum absolute atomic E-state index is 6.28. The number of hydrogen-bond acceptors (Lipinski definition) is 7. The number of benzene rings is 1. The molecule has 34 heavy (non-hydrogen) atoms. The van der Waals surface area contributed by atoms with Gasteiger partial charge in [-0.05, 0) is 36.3 Å². The van der Waals surface area contributed by atoms with E-state index < -0.39 is 0 Å². The number of H-pyrrole nitrogens is 1. The van der Waals surface area contributed by atoms with E-state index in [9.17, 15) is 0 Å². The number of rotatable bonds is 6. The summed E-state index contributed by atoms with van der Waals surface area (Å²) in [6.07, 6.45) is 3.92. The summed E-state index contributed by atoms with van der Waals surface area (Å²) in [6.45, 7) is 9.60. The molecule has 0 bridgehead atoms. The lowest BCUT2D eigenvalue weighted by Crippen LogP contribution is -2.37. The molecule has 0 radical (unpaired) electrons. The first-order valence-electron chi connectivity index (χ1n) is 11.4. The molecule has 4 aromatic rings. The second-order valence-corrected chi connectivity index (χ2v) is 8.72. The van der Waals surface area contributed by atoms with Crippen LogP contribution in [0, 0.1) is 0 Å². The Bertz CT molecular complexity index is 1290. The van der Waals surface area contributed by atoms with Crippen LogP contribution in [0.2, 0.25) is 5.02 Å². The van der Waals surface area contributed by atoms with Crippen molar-refractivity contribution in [1.29, 1.82) is 0 Å². The Kier molecular flexibility index (Phi) is 7.97. The first-order valence-corrected chi connectivity index (χ1v) is 13.1. The highest BCUT2D eigenvalue weighted by Gasteiger charge is 2.18. The van der Waals surface area contributed by atoms with Gasteiger partial charge >= 0.3 is 0 Å². The number of anilines is 2. The van der Waals surface area contributed by atoms with Gasteiger partial charge in [-0.15, -0.1) is 16.9 Å². The van der Waals surface area contributed by atoms with Crippen molar-refractivity contribution in [2.45, 2.75) is 27.3 Å². The molecule has 0 amide bonds. The zero-order valence-electron chi connectivity index (χ0n) is 19.9. The lowest BCUT2D eigenvalue weighted by atomic mass is 10.3. The number of thioether (sulfide) groups is 1. The standard InChI is InChI=1S/C22H24ClN7OS.C2H6/c1-14(13-32-2)18-11-25-22-17(10-20(28-30(18)22)29-6-8-31-9-7-29)24-12-19-26-16-5-3-4-15(23)21(16)27-19;1-2/h3-5,10-11,13,24H,6-9,12H2,1-2H3,(H,26,27);1-2H3/b14-13+;. The summed E-state index contributed by atoms with van der Waals surface area (Å²) in [7, 11) is 0. The molecule has 5 rings (SSSR count). The molecular weight excluding hydrogens is 470 g/mol. The van der Waals surface area contributed by atoms with Gasteiger partial charge in [-0.1, -0.05) is 31.5 Å². The number of imidazole rings is 2. The highest BCUT2D eigenvalue weighted by Crippen LogP contribution is 2.27. The molecule has 0 saturated carbocycles. The van der Waals surface area contributed by atoms with E-state index in [2.05, 4.69) is 43.6 Å². The third-order valence-electron chi connectivity index (χ3n) is 5.45. The molecule has 1 aromatic carbocycles. The van der Waals surface area contributed by atoms with E-state index in [4.69, 9.17) is 21.4 Å². The molecule has 3 aromatic heterocycles. The topological polar surface area (TPSA) is 83.4 Å². The average Bonchev–Trinajstić information content (AvgIpc) is 3.49. The summed E-state index contributed by atoms with van der Waals surface area (Å²) in [4.78, 5) is 14.9. The molecule has 1 saturated heterocycles. The van der Waals surface area contributed by atoms with Gasteiger partial charge in [0.05, 0.1) is 47.9 Å². The van der Waals surface area contributed by atoms with Crippen LogP contribution in [0.3, 0.4) is 0 Å². The third kappa shape index (κ3) is 5.01. The minimum absolute atomic E-state index is 0.509. The molecule has 2 N–H and O–H groups in total. The summed E-state index contributed by atoms with van der Waals surface area (Å²) in [6, 6.07) is 7.79. The van der Waals surface area contributed by atoms with E-state index in [-0.39, 0.29) is 0 Å². The molecule has 1 fully saturated rings. The summed E-state index contributed by atoms with van der Waals surface area (Å²) in [5.74, 6) is 1.70. The van der Waals surface area contributed by atoms with Crippen molar-refractivity contribution in [1.82, 2.24) is 24.6 Å². The number of hydrogen-bond donors (Lipinski definition) is 2. The van der Waals surface area contributed by atoms with Gasteiger partial charge < -0.3 is 19.9 Å². The quantitative estimate of drug-likeness (QED) is 0.364. The van der Waals surface area contributed by atoms with Crippen LogP contribution in [0.25, 0.3) is 22.3 Å². The van der Waals surface area contributed by atoms with Gasteiger partial charge in [0.1, 0.15) is 11.3 Å². The molecule has 8 nitrogen and oxygen atoms in total. The molecule has 0 aliphatic carbocycles. The Balaban J connectivity index is 0.00000133. The van der Waals surface area contributed by atoms with Crippen LogP contribution in [-0.4, -0.2) is 57.1 Å². The van der Waals surface area contributed by atoms with E-state index in [0.717, 1.165) is 58.4 Å². The summed E-state index contributed by atoms with van der Waals surface area (Å²) in [5, 5.41) is 11.2. The predicted molar refractivity (Wildman–Crippen MR) is 143 cm³/mol. The first kappa shape index (κ1) is 24.4. The minimum atomic E-state index is 0.509. The first-order chi connectivity index (χ1) is 16.6. The molecule has 0 unspecified atom stereocenters. The van der Waals surface area contributed by atoms with E-state index >= 15 is 0 Å². The van der Waals surface area contributed by atoms with Gasteiger partial charge in [0.25, 0.3) is 0 Å². The fraction of sp³-hybridized carbons (Fsp3) is 0.375. The Morgan fingerprint density at radius 3 is 2.82 bits per heavy atom. The highest BCUT2D eigenvalue weighted by atomic mass is 35.5. The van der Waals surface area contributed by atoms with Crippen LogP contribution in [0.5, 0.6) is 0 Å². The van der Waals surface area contributed by atoms with Crippen molar-refractivity contribution >= 4 is 57.1 Å². The van der Waals surface area contributed by atoms with Gasteiger partial charge in [-0.3, -0.25) is 0 Å². The van der Waals surface area contributed by atoms with Gasteiger partial charge in [0.15, 0.2) is 11.5 Å². The number of aromatic nitrogens is 5. The number of allylic oxidation sites excluding steroid dienone is 1. The fourth-order valence-corrected chi connectivity index (χ4v) is 4.54. The fourth-order valence-electron chi connectivity index (χ4n) is 3.85. The lowest BCUT2D eigenvalue weighted by molar-refractivity contribution is 0.122. The predicted octanol–water partition coefficient (Wildman–Crippen LogP) is 5.46. The Hall–Kier alpha value is -2.75. The number of fused-ring (bicyclic) bond motifs is 2. The average molecular weight is 500 g/mol.